The lowest BCUT2D eigenvalue weighted by Crippen LogP contribution is -2.19. The smallest absolute Gasteiger partial charge is 0.294 e. The highest BCUT2D eigenvalue weighted by Gasteiger charge is 2.25. The number of nitrogens with two attached hydrogens (primary N) is 1. The van der Waals surface area contributed by atoms with Gasteiger partial charge >= 0.3 is 0 Å². The maximum atomic E-state index is 12.7. The van der Waals surface area contributed by atoms with E-state index in [9.17, 15) is 4.79 Å². The number of benzene rings is 1. The maximum Gasteiger partial charge on any atom is 0.294 e. The Balaban J connectivity index is 1.57. The summed E-state index contributed by atoms with van der Waals surface area (Å²) in [6, 6.07) is 11.0. The van der Waals surface area contributed by atoms with Gasteiger partial charge in [-0.25, -0.2) is 10.1 Å². The first kappa shape index (κ1) is 19.3. The molecule has 1 amide bonds. The lowest BCUT2D eigenvalue weighted by Gasteiger charge is -2.03. The third-order valence-electron chi connectivity index (χ3n) is 3.91. The van der Waals surface area contributed by atoms with Crippen LogP contribution in [0.5, 0.6) is 5.75 Å². The maximum absolute atomic E-state index is 12.7. The molecule has 0 unspecified atom stereocenters. The Labute approximate surface area is 174 Å². The summed E-state index contributed by atoms with van der Waals surface area (Å²) in [4.78, 5) is 13.5. The van der Waals surface area contributed by atoms with E-state index in [2.05, 4.69) is 35.8 Å². The van der Waals surface area contributed by atoms with Gasteiger partial charge in [0.05, 0.1) is 17.7 Å². The third-order valence-corrected chi connectivity index (χ3v) is 4.78. The van der Waals surface area contributed by atoms with Gasteiger partial charge in [0.2, 0.25) is 11.6 Å². The number of hydrogen-bond acceptors (Lipinski definition) is 10. The first-order valence-electron chi connectivity index (χ1n) is 8.81. The summed E-state index contributed by atoms with van der Waals surface area (Å²) in [5.74, 6) is 0.389. The van der Waals surface area contributed by atoms with Crippen LogP contribution in [-0.2, 0) is 0 Å². The fourth-order valence-corrected chi connectivity index (χ4v) is 3.35. The number of nitrogens with one attached hydrogen (secondary N) is 1. The van der Waals surface area contributed by atoms with Gasteiger partial charge in [0.15, 0.2) is 5.69 Å². The summed E-state index contributed by atoms with van der Waals surface area (Å²) < 4.78 is 11.3. The number of nitrogens with zero attached hydrogens (tertiary/aromatic N) is 6. The van der Waals surface area contributed by atoms with E-state index in [0.29, 0.717) is 12.3 Å². The summed E-state index contributed by atoms with van der Waals surface area (Å²) in [5, 5.41) is 21.1. The third kappa shape index (κ3) is 3.89. The van der Waals surface area contributed by atoms with Crippen molar-refractivity contribution in [2.24, 2.45) is 5.10 Å². The number of nitrogen functional groups attached to an aromatic ring is 1. The predicted molar refractivity (Wildman–Crippen MR) is 110 cm³/mol. The Morgan fingerprint density at radius 3 is 2.83 bits per heavy atom. The number of carbonyl (C=O) groups is 1. The number of ether oxygens (including phenoxy) is 1. The Hall–Kier alpha value is -4.06. The highest BCUT2D eigenvalue weighted by atomic mass is 32.1. The molecule has 30 heavy (non-hydrogen) atoms. The molecule has 152 valence electrons. The summed E-state index contributed by atoms with van der Waals surface area (Å²) in [6.07, 6.45) is 1.52. The highest BCUT2D eigenvalue weighted by molar-refractivity contribution is 7.13. The largest absolute Gasteiger partial charge is 0.494 e. The highest BCUT2D eigenvalue weighted by Crippen LogP contribution is 2.29. The minimum absolute atomic E-state index is 0.0261. The molecule has 0 aliphatic carbocycles. The molecule has 0 aliphatic rings. The number of amides is 1. The zero-order valence-electron chi connectivity index (χ0n) is 15.7. The van der Waals surface area contributed by atoms with Crippen LogP contribution in [0.2, 0.25) is 0 Å². The van der Waals surface area contributed by atoms with E-state index in [1.165, 1.54) is 22.2 Å². The first-order valence-corrected chi connectivity index (χ1v) is 9.69. The molecule has 0 spiro atoms. The van der Waals surface area contributed by atoms with Crippen LogP contribution in [0.15, 0.2) is 51.5 Å². The average Bonchev–Trinajstić information content (AvgIpc) is 3.49. The molecule has 0 bridgehead atoms. The molecule has 0 fully saturated rings. The van der Waals surface area contributed by atoms with Gasteiger partial charge in [-0.3, -0.25) is 4.79 Å². The Bertz CT molecular complexity index is 1160. The summed E-state index contributed by atoms with van der Waals surface area (Å²) in [6.45, 7) is 2.51. The molecule has 12 heteroatoms. The molecule has 0 saturated heterocycles. The van der Waals surface area contributed by atoms with Crippen LogP contribution < -0.4 is 15.9 Å². The van der Waals surface area contributed by atoms with Crippen LogP contribution in [0.4, 0.5) is 5.82 Å². The zero-order valence-corrected chi connectivity index (χ0v) is 16.5. The molecule has 4 rings (SSSR count). The lowest BCUT2D eigenvalue weighted by atomic mass is 10.2. The fraction of sp³-hybridized carbons (Fsp3) is 0.111. The second kappa shape index (κ2) is 8.53. The number of rotatable bonds is 7. The fourth-order valence-electron chi connectivity index (χ4n) is 2.59. The van der Waals surface area contributed by atoms with E-state index >= 15 is 0 Å². The van der Waals surface area contributed by atoms with Crippen LogP contribution in [-0.4, -0.2) is 44.0 Å². The lowest BCUT2D eigenvalue weighted by molar-refractivity contribution is 0.0951. The van der Waals surface area contributed by atoms with Crippen molar-refractivity contribution in [2.75, 3.05) is 12.3 Å². The van der Waals surface area contributed by atoms with Gasteiger partial charge in [0.1, 0.15) is 11.4 Å². The van der Waals surface area contributed by atoms with Crippen molar-refractivity contribution in [3.8, 4) is 22.1 Å². The quantitative estimate of drug-likeness (QED) is 0.339. The normalized spacial score (nSPS) is 11.1. The Kier molecular flexibility index (Phi) is 5.48. The molecule has 0 atom stereocenters. The molecule has 0 radical (unpaired) electrons. The van der Waals surface area contributed by atoms with E-state index in [-0.39, 0.29) is 17.3 Å². The second-order valence-electron chi connectivity index (χ2n) is 5.85. The van der Waals surface area contributed by atoms with Gasteiger partial charge < -0.3 is 10.5 Å². The van der Waals surface area contributed by atoms with Gasteiger partial charge in [-0.15, -0.1) is 16.4 Å². The van der Waals surface area contributed by atoms with Crippen molar-refractivity contribution in [2.45, 2.75) is 6.92 Å². The topological polar surface area (TPSA) is 146 Å². The summed E-state index contributed by atoms with van der Waals surface area (Å²) >= 11 is 1.40. The van der Waals surface area contributed by atoms with E-state index < -0.39 is 5.91 Å². The molecule has 0 aliphatic heterocycles. The van der Waals surface area contributed by atoms with Crippen molar-refractivity contribution in [3.05, 3.63) is 53.0 Å². The average molecular weight is 424 g/mol. The molecule has 11 nitrogen and oxygen atoms in total. The predicted octanol–water partition coefficient (Wildman–Crippen LogP) is 2.12. The summed E-state index contributed by atoms with van der Waals surface area (Å²) in [7, 11) is 0. The Morgan fingerprint density at radius 2 is 2.17 bits per heavy atom. The van der Waals surface area contributed by atoms with Crippen molar-refractivity contribution in [1.82, 2.24) is 30.7 Å². The number of hydrogen-bond donors (Lipinski definition) is 2. The molecule has 4 aromatic rings. The van der Waals surface area contributed by atoms with E-state index in [0.717, 1.165) is 16.2 Å². The summed E-state index contributed by atoms with van der Waals surface area (Å²) in [5.41, 5.74) is 9.49. The monoisotopic (exact) mass is 424 g/mol. The molecule has 3 heterocycles. The van der Waals surface area contributed by atoms with Crippen molar-refractivity contribution in [1.29, 1.82) is 0 Å². The number of thiophene rings is 1. The second-order valence-corrected chi connectivity index (χ2v) is 6.80. The van der Waals surface area contributed by atoms with Gasteiger partial charge in [-0.1, -0.05) is 11.3 Å². The molecule has 0 saturated carbocycles. The molecule has 3 aromatic heterocycles. The van der Waals surface area contributed by atoms with Crippen molar-refractivity contribution < 1.29 is 14.2 Å². The van der Waals surface area contributed by atoms with Crippen molar-refractivity contribution >= 4 is 29.3 Å². The SMILES string of the molecule is CCOc1ccc(/C=N\NC(=O)c2nnn(-c3nonc3N)c2-c2cccs2)cc1. The van der Waals surface area contributed by atoms with Crippen molar-refractivity contribution in [3.63, 3.8) is 0 Å². The number of anilines is 1. The number of hydrazone groups is 1. The van der Waals surface area contributed by atoms with Crippen LogP contribution >= 0.6 is 11.3 Å². The minimum atomic E-state index is -0.540. The number of aromatic nitrogens is 5. The van der Waals surface area contributed by atoms with E-state index in [4.69, 9.17) is 10.5 Å². The van der Waals surface area contributed by atoms with E-state index in [1.54, 1.807) is 0 Å². The zero-order chi connectivity index (χ0) is 20.9. The first-order chi connectivity index (χ1) is 14.7. The van der Waals surface area contributed by atoms with Gasteiger partial charge in [-0.05, 0) is 58.5 Å². The standard InChI is InChI=1S/C18H16N8O3S/c1-2-28-12-7-5-11(6-8-12)10-20-22-18(27)14-15(13-4-3-9-30-13)26(25-21-14)17-16(19)23-29-24-17/h3-10H,2H2,1H3,(H2,19,23)(H,22,27)/b20-10-. The van der Waals surface area contributed by atoms with Crippen LogP contribution in [0, 0.1) is 0 Å². The van der Waals surface area contributed by atoms with E-state index in [1.807, 2.05) is 48.7 Å². The van der Waals surface area contributed by atoms with Crippen LogP contribution in [0.25, 0.3) is 16.4 Å². The van der Waals surface area contributed by atoms with Gasteiger partial charge in [-0.2, -0.15) is 9.78 Å². The molecule has 3 N–H and O–H groups in total. The van der Waals surface area contributed by atoms with Gasteiger partial charge in [0, 0.05) is 0 Å². The molecular formula is C18H16N8O3S. The number of carbonyl (C=O) groups excluding carboxylic acids is 1. The molecule has 1 aromatic carbocycles. The van der Waals surface area contributed by atoms with Gasteiger partial charge in [0.25, 0.3) is 5.91 Å². The van der Waals surface area contributed by atoms with Crippen LogP contribution in [0.1, 0.15) is 23.0 Å². The Morgan fingerprint density at radius 1 is 1.33 bits per heavy atom. The molecular weight excluding hydrogens is 408 g/mol. The van der Waals surface area contributed by atoms with Crippen LogP contribution in [0.3, 0.4) is 0 Å². The minimum Gasteiger partial charge on any atom is -0.494 e.